The van der Waals surface area contributed by atoms with Crippen molar-refractivity contribution in [3.63, 3.8) is 0 Å². The minimum Gasteiger partial charge on any atom is -0.365 e. The van der Waals surface area contributed by atoms with Crippen LogP contribution >= 0.6 is 11.6 Å². The van der Waals surface area contributed by atoms with E-state index >= 15 is 0 Å². The highest BCUT2D eigenvalue weighted by Gasteiger charge is 2.47. The van der Waals surface area contributed by atoms with Gasteiger partial charge >= 0.3 is 0 Å². The fourth-order valence-electron chi connectivity index (χ4n) is 1.67. The first kappa shape index (κ1) is 9.71. The van der Waals surface area contributed by atoms with Gasteiger partial charge in [-0.3, -0.25) is 4.98 Å². The van der Waals surface area contributed by atoms with Crippen LogP contribution < -0.4 is 5.32 Å². The molecule has 0 spiro atoms. The summed E-state index contributed by atoms with van der Waals surface area (Å²) in [6.07, 6.45) is 6.08. The van der Waals surface area contributed by atoms with Gasteiger partial charge in [-0.05, 0) is 6.42 Å². The maximum atomic E-state index is 6.13. The monoisotopic (exact) mass is 211 g/mol. The third-order valence-corrected chi connectivity index (χ3v) is 3.77. The van der Waals surface area contributed by atoms with Crippen molar-refractivity contribution in [2.45, 2.75) is 31.7 Å². The van der Waals surface area contributed by atoms with Crippen molar-refractivity contribution < 1.29 is 0 Å². The second-order valence-corrected chi connectivity index (χ2v) is 4.84. The average Bonchev–Trinajstić information content (AvgIpc) is 2.19. The number of aromatic nitrogens is 2. The minimum absolute atomic E-state index is 0.138. The molecule has 1 aromatic heterocycles. The third-order valence-electron chi connectivity index (χ3n) is 3.03. The first-order valence-corrected chi connectivity index (χ1v) is 5.21. The summed E-state index contributed by atoms with van der Waals surface area (Å²) in [4.78, 5) is 8.18. The molecule has 0 aromatic carbocycles. The first-order valence-electron chi connectivity index (χ1n) is 4.77. The van der Waals surface area contributed by atoms with Gasteiger partial charge in [0.05, 0.1) is 6.20 Å². The van der Waals surface area contributed by atoms with Crippen molar-refractivity contribution in [3.8, 4) is 0 Å². The zero-order valence-corrected chi connectivity index (χ0v) is 9.12. The lowest BCUT2D eigenvalue weighted by molar-refractivity contribution is 0.168. The van der Waals surface area contributed by atoms with Crippen LogP contribution in [-0.4, -0.2) is 21.4 Å². The van der Waals surface area contributed by atoms with Gasteiger partial charge in [0, 0.05) is 29.2 Å². The van der Waals surface area contributed by atoms with Crippen molar-refractivity contribution >= 4 is 17.4 Å². The van der Waals surface area contributed by atoms with E-state index in [0.29, 0.717) is 6.04 Å². The number of hydrogen-bond acceptors (Lipinski definition) is 3. The van der Waals surface area contributed by atoms with E-state index in [2.05, 4.69) is 29.1 Å². The number of nitrogens with zero attached hydrogens (tertiary/aromatic N) is 2. The molecule has 1 fully saturated rings. The molecule has 1 heterocycles. The molecule has 0 bridgehead atoms. The van der Waals surface area contributed by atoms with E-state index in [1.807, 2.05) is 0 Å². The molecule has 1 aliphatic rings. The third kappa shape index (κ3) is 1.57. The largest absolute Gasteiger partial charge is 0.365 e. The molecule has 1 aromatic rings. The van der Waals surface area contributed by atoms with Crippen molar-refractivity contribution in [2.75, 3.05) is 5.32 Å². The number of halogens is 1. The SMILES string of the molecule is CC1(C)C(Cl)CC1Nc1cnccn1. The number of hydrogen-bond donors (Lipinski definition) is 1. The van der Waals surface area contributed by atoms with E-state index in [1.54, 1.807) is 18.6 Å². The first-order chi connectivity index (χ1) is 6.60. The van der Waals surface area contributed by atoms with E-state index in [4.69, 9.17) is 11.6 Å². The van der Waals surface area contributed by atoms with E-state index in [-0.39, 0.29) is 10.8 Å². The van der Waals surface area contributed by atoms with Gasteiger partial charge in [-0.25, -0.2) is 4.98 Å². The molecule has 0 amide bonds. The second kappa shape index (κ2) is 3.39. The van der Waals surface area contributed by atoms with Gasteiger partial charge in [0.25, 0.3) is 0 Å². The molecule has 4 heteroatoms. The Balaban J connectivity index is 2.01. The Morgan fingerprint density at radius 1 is 1.50 bits per heavy atom. The predicted octanol–water partition coefficient (Wildman–Crippen LogP) is 2.29. The Morgan fingerprint density at radius 3 is 2.79 bits per heavy atom. The van der Waals surface area contributed by atoms with Crippen LogP contribution in [0, 0.1) is 5.41 Å². The highest BCUT2D eigenvalue weighted by molar-refractivity contribution is 6.21. The lowest BCUT2D eigenvalue weighted by Crippen LogP contribution is -2.54. The number of alkyl halides is 1. The molecular weight excluding hydrogens is 198 g/mol. The number of anilines is 1. The average molecular weight is 212 g/mol. The molecule has 2 unspecified atom stereocenters. The Kier molecular flexibility index (Phi) is 2.35. The van der Waals surface area contributed by atoms with Crippen LogP contribution in [0.25, 0.3) is 0 Å². The van der Waals surface area contributed by atoms with Gasteiger partial charge in [0.2, 0.25) is 0 Å². The lowest BCUT2D eigenvalue weighted by atomic mass is 9.67. The number of nitrogens with one attached hydrogen (secondary N) is 1. The summed E-state index contributed by atoms with van der Waals surface area (Å²) in [5.74, 6) is 0.828. The van der Waals surface area contributed by atoms with Gasteiger partial charge in [0.15, 0.2) is 0 Å². The highest BCUT2D eigenvalue weighted by Crippen LogP contribution is 2.45. The second-order valence-electron chi connectivity index (χ2n) is 4.31. The molecule has 1 saturated carbocycles. The van der Waals surface area contributed by atoms with Crippen LogP contribution in [0.4, 0.5) is 5.82 Å². The van der Waals surface area contributed by atoms with Crippen LogP contribution in [-0.2, 0) is 0 Å². The molecular formula is C10H14ClN3. The minimum atomic E-state index is 0.138. The molecule has 2 rings (SSSR count). The Labute approximate surface area is 88.9 Å². The summed E-state index contributed by atoms with van der Waals surface area (Å²) in [7, 11) is 0. The summed E-state index contributed by atoms with van der Waals surface area (Å²) in [5, 5.41) is 3.60. The Hall–Kier alpha value is -0.830. The highest BCUT2D eigenvalue weighted by atomic mass is 35.5. The van der Waals surface area contributed by atoms with Gasteiger partial charge in [-0.15, -0.1) is 11.6 Å². The summed E-state index contributed by atoms with van der Waals surface area (Å²) in [6, 6.07) is 0.404. The van der Waals surface area contributed by atoms with Crippen LogP contribution in [0.2, 0.25) is 0 Å². The molecule has 3 nitrogen and oxygen atoms in total. The van der Waals surface area contributed by atoms with Crippen molar-refractivity contribution in [1.82, 2.24) is 9.97 Å². The molecule has 14 heavy (non-hydrogen) atoms. The Morgan fingerprint density at radius 2 is 2.29 bits per heavy atom. The molecule has 76 valence electrons. The normalized spacial score (nSPS) is 29.4. The van der Waals surface area contributed by atoms with E-state index in [0.717, 1.165) is 12.2 Å². The van der Waals surface area contributed by atoms with Crippen LogP contribution in [0.5, 0.6) is 0 Å². The Bertz CT molecular complexity index is 312. The van der Waals surface area contributed by atoms with Gasteiger partial charge in [0.1, 0.15) is 5.82 Å². The summed E-state index contributed by atoms with van der Waals surface area (Å²) >= 11 is 6.13. The summed E-state index contributed by atoms with van der Waals surface area (Å²) < 4.78 is 0. The molecule has 1 N–H and O–H groups in total. The smallest absolute Gasteiger partial charge is 0.144 e. The fourth-order valence-corrected chi connectivity index (χ4v) is 2.00. The zero-order valence-electron chi connectivity index (χ0n) is 8.37. The molecule has 0 saturated heterocycles. The molecule has 1 aliphatic carbocycles. The fraction of sp³-hybridized carbons (Fsp3) is 0.600. The molecule has 0 radical (unpaired) electrons. The maximum Gasteiger partial charge on any atom is 0.144 e. The van der Waals surface area contributed by atoms with Crippen LogP contribution in [0.15, 0.2) is 18.6 Å². The van der Waals surface area contributed by atoms with Crippen molar-refractivity contribution in [1.29, 1.82) is 0 Å². The van der Waals surface area contributed by atoms with Crippen molar-refractivity contribution in [3.05, 3.63) is 18.6 Å². The molecule has 0 aliphatic heterocycles. The number of rotatable bonds is 2. The maximum absolute atomic E-state index is 6.13. The van der Waals surface area contributed by atoms with E-state index in [1.165, 1.54) is 0 Å². The van der Waals surface area contributed by atoms with Crippen molar-refractivity contribution in [2.24, 2.45) is 5.41 Å². The van der Waals surface area contributed by atoms with Crippen LogP contribution in [0.3, 0.4) is 0 Å². The summed E-state index contributed by atoms with van der Waals surface area (Å²) in [6.45, 7) is 4.34. The van der Waals surface area contributed by atoms with E-state index in [9.17, 15) is 0 Å². The van der Waals surface area contributed by atoms with Gasteiger partial charge in [-0.2, -0.15) is 0 Å². The quantitative estimate of drug-likeness (QED) is 0.763. The molecule has 2 atom stereocenters. The van der Waals surface area contributed by atoms with Gasteiger partial charge < -0.3 is 5.32 Å². The van der Waals surface area contributed by atoms with Crippen LogP contribution in [0.1, 0.15) is 20.3 Å². The topological polar surface area (TPSA) is 37.8 Å². The standard InChI is InChI=1S/C10H14ClN3/c1-10(2)7(11)5-8(10)14-9-6-12-3-4-13-9/h3-4,6-8H,5H2,1-2H3,(H,13,14). The predicted molar refractivity (Wildman–Crippen MR) is 57.5 cm³/mol. The lowest BCUT2D eigenvalue weighted by Gasteiger charge is -2.49. The van der Waals surface area contributed by atoms with E-state index < -0.39 is 0 Å². The zero-order chi connectivity index (χ0) is 10.2. The van der Waals surface area contributed by atoms with Gasteiger partial charge in [-0.1, -0.05) is 13.8 Å². The summed E-state index contributed by atoms with van der Waals surface area (Å²) in [5.41, 5.74) is 0.138.